The lowest BCUT2D eigenvalue weighted by Gasteiger charge is -2.23. The number of halogens is 6. The van der Waals surface area contributed by atoms with Crippen molar-refractivity contribution in [2.75, 3.05) is 0 Å². The van der Waals surface area contributed by atoms with Gasteiger partial charge in [-0.2, -0.15) is 26.3 Å². The van der Waals surface area contributed by atoms with E-state index in [0.717, 1.165) is 12.2 Å². The van der Waals surface area contributed by atoms with Gasteiger partial charge in [-0.15, -0.1) is 0 Å². The molecular weight excluding hydrogens is 594 g/mol. The minimum Gasteiger partial charge on any atom is -0.456 e. The second-order valence-electron chi connectivity index (χ2n) is 12.0. The average molecular weight is 627 g/mol. The van der Waals surface area contributed by atoms with Crippen molar-refractivity contribution >= 4 is 34.8 Å². The summed E-state index contributed by atoms with van der Waals surface area (Å²) < 4.78 is 92.1. The zero-order valence-electron chi connectivity index (χ0n) is 24.8. The SMILES string of the molecule is CC(C)(C)OC(=O)NC(Cn1cc(C(=O)OC(C)(C)C)c2ccccc21)C(=O)/C=C/c1cc(C(F)(F)F)cc(C(F)(F)F)c1. The standard InChI is InChI=1S/C31H32F6N2O5/c1-28(2,3)43-26(41)22-16-39(24-10-8-7-9-21(22)24)17-23(38-27(42)44-29(4,5)6)25(40)12-11-18-13-19(30(32,33)34)15-20(14-18)31(35,36)37/h7-16,23H,17H2,1-6H3,(H,38,42)/b12-11+. The van der Waals surface area contributed by atoms with Crippen molar-refractivity contribution in [3.63, 3.8) is 0 Å². The van der Waals surface area contributed by atoms with Gasteiger partial charge >= 0.3 is 24.4 Å². The zero-order valence-corrected chi connectivity index (χ0v) is 24.8. The minimum atomic E-state index is -5.07. The highest BCUT2D eigenvalue weighted by Gasteiger charge is 2.37. The van der Waals surface area contributed by atoms with Crippen LogP contribution in [-0.4, -0.2) is 39.7 Å². The van der Waals surface area contributed by atoms with Crippen LogP contribution in [0.5, 0.6) is 0 Å². The Morgan fingerprint density at radius 1 is 0.841 bits per heavy atom. The molecule has 0 radical (unpaired) electrons. The molecule has 0 saturated heterocycles. The summed E-state index contributed by atoms with van der Waals surface area (Å²) in [5.74, 6) is -1.50. The molecule has 0 bridgehead atoms. The number of hydrogen-bond acceptors (Lipinski definition) is 5. The van der Waals surface area contributed by atoms with Crippen molar-refractivity contribution in [3.05, 3.63) is 77.0 Å². The van der Waals surface area contributed by atoms with E-state index in [4.69, 9.17) is 9.47 Å². The third kappa shape index (κ3) is 9.35. The number of benzene rings is 2. The summed E-state index contributed by atoms with van der Waals surface area (Å²) in [4.78, 5) is 38.9. The van der Waals surface area contributed by atoms with Gasteiger partial charge < -0.3 is 19.4 Å². The van der Waals surface area contributed by atoms with Crippen molar-refractivity contribution in [1.82, 2.24) is 9.88 Å². The Labute approximate surface area is 249 Å². The number of para-hydroxylation sites is 1. The van der Waals surface area contributed by atoms with Gasteiger partial charge in [-0.05, 0) is 77.4 Å². The highest BCUT2D eigenvalue weighted by Crippen LogP contribution is 2.36. The molecular formula is C31H32F6N2O5. The number of carbonyl (C=O) groups excluding carboxylic acids is 3. The number of carbonyl (C=O) groups is 3. The third-order valence-corrected chi connectivity index (χ3v) is 5.87. The number of alkyl halides is 6. The van der Waals surface area contributed by atoms with E-state index in [9.17, 15) is 40.7 Å². The molecule has 44 heavy (non-hydrogen) atoms. The maximum Gasteiger partial charge on any atom is 0.416 e. The van der Waals surface area contributed by atoms with Crippen molar-refractivity contribution < 1.29 is 50.2 Å². The molecule has 2 aromatic carbocycles. The van der Waals surface area contributed by atoms with Crippen LogP contribution in [0.2, 0.25) is 0 Å². The van der Waals surface area contributed by atoms with Crippen LogP contribution in [0.4, 0.5) is 31.1 Å². The zero-order chi connectivity index (χ0) is 33.3. The van der Waals surface area contributed by atoms with Gasteiger partial charge in [-0.1, -0.05) is 24.3 Å². The molecule has 0 aliphatic rings. The largest absolute Gasteiger partial charge is 0.456 e. The summed E-state index contributed by atoms with van der Waals surface area (Å²) in [5, 5.41) is 2.90. The molecule has 3 rings (SSSR count). The monoisotopic (exact) mass is 626 g/mol. The number of nitrogens with zero attached hydrogens (tertiary/aromatic N) is 1. The summed E-state index contributed by atoms with van der Waals surface area (Å²) in [6, 6.07) is 6.22. The van der Waals surface area contributed by atoms with E-state index in [-0.39, 0.29) is 18.2 Å². The Balaban J connectivity index is 2.03. The maximum atomic E-state index is 13.3. The molecule has 3 aromatic rings. The Hall–Kier alpha value is -4.29. The molecule has 13 heteroatoms. The van der Waals surface area contributed by atoms with Crippen molar-refractivity contribution in [1.29, 1.82) is 0 Å². The van der Waals surface area contributed by atoms with E-state index in [1.807, 2.05) is 0 Å². The van der Waals surface area contributed by atoms with Crippen LogP contribution in [0.3, 0.4) is 0 Å². The number of hydrogen-bond donors (Lipinski definition) is 1. The van der Waals surface area contributed by atoms with Gasteiger partial charge in [-0.3, -0.25) is 4.79 Å². The topological polar surface area (TPSA) is 86.6 Å². The molecule has 0 spiro atoms. The predicted octanol–water partition coefficient (Wildman–Crippen LogP) is 7.81. The highest BCUT2D eigenvalue weighted by molar-refractivity contribution is 6.05. The van der Waals surface area contributed by atoms with Crippen LogP contribution < -0.4 is 5.32 Å². The number of ketones is 1. The molecule has 238 valence electrons. The molecule has 1 heterocycles. The Morgan fingerprint density at radius 3 is 1.91 bits per heavy atom. The number of ether oxygens (including phenoxy) is 2. The normalized spacial score (nSPS) is 13.6. The van der Waals surface area contributed by atoms with Crippen LogP contribution in [0.25, 0.3) is 17.0 Å². The molecule has 0 aliphatic heterocycles. The van der Waals surface area contributed by atoms with E-state index in [2.05, 4.69) is 5.32 Å². The van der Waals surface area contributed by atoms with Gasteiger partial charge in [0, 0.05) is 17.1 Å². The summed E-state index contributed by atoms with van der Waals surface area (Å²) in [7, 11) is 0. The summed E-state index contributed by atoms with van der Waals surface area (Å²) in [6.07, 6.45) is -8.13. The lowest BCUT2D eigenvalue weighted by Crippen LogP contribution is -2.45. The number of rotatable bonds is 7. The fourth-order valence-electron chi connectivity index (χ4n) is 4.12. The van der Waals surface area contributed by atoms with E-state index >= 15 is 0 Å². The number of esters is 1. The molecule has 1 unspecified atom stereocenters. The first-order chi connectivity index (χ1) is 20.0. The molecule has 7 nitrogen and oxygen atoms in total. The van der Waals surface area contributed by atoms with Crippen LogP contribution in [-0.2, 0) is 33.2 Å². The summed E-state index contributed by atoms with van der Waals surface area (Å²) in [6.45, 7) is 9.56. The lowest BCUT2D eigenvalue weighted by molar-refractivity contribution is -0.143. The molecule has 1 N–H and O–H groups in total. The Bertz CT molecular complexity index is 1540. The van der Waals surface area contributed by atoms with Crippen molar-refractivity contribution in [2.24, 2.45) is 0 Å². The van der Waals surface area contributed by atoms with Gasteiger partial charge in [0.15, 0.2) is 5.78 Å². The second kappa shape index (κ2) is 12.4. The fourth-order valence-corrected chi connectivity index (χ4v) is 4.12. The van der Waals surface area contributed by atoms with Crippen LogP contribution in [0, 0.1) is 0 Å². The first-order valence-corrected chi connectivity index (χ1v) is 13.4. The second-order valence-corrected chi connectivity index (χ2v) is 12.0. The summed E-state index contributed by atoms with van der Waals surface area (Å²) >= 11 is 0. The molecule has 1 aromatic heterocycles. The molecule has 0 fully saturated rings. The molecule has 0 saturated carbocycles. The average Bonchev–Trinajstić information content (AvgIpc) is 3.22. The molecule has 1 atom stereocenters. The molecule has 1 amide bonds. The van der Waals surface area contributed by atoms with Gasteiger partial charge in [0.25, 0.3) is 0 Å². The first-order valence-electron chi connectivity index (χ1n) is 13.4. The molecule has 0 aliphatic carbocycles. The van der Waals surface area contributed by atoms with Crippen LogP contribution in [0.1, 0.15) is 68.6 Å². The van der Waals surface area contributed by atoms with Crippen LogP contribution >= 0.6 is 0 Å². The van der Waals surface area contributed by atoms with E-state index < -0.39 is 64.1 Å². The fraction of sp³-hybridized carbons (Fsp3) is 0.387. The van der Waals surface area contributed by atoms with E-state index in [1.165, 1.54) is 10.8 Å². The van der Waals surface area contributed by atoms with Gasteiger partial charge in [0.2, 0.25) is 0 Å². The van der Waals surface area contributed by atoms with Crippen LogP contribution in [0.15, 0.2) is 54.7 Å². The summed E-state index contributed by atoms with van der Waals surface area (Å²) in [5.41, 5.74) is -4.71. The first kappa shape index (κ1) is 34.2. The Kier molecular flexibility index (Phi) is 9.62. The van der Waals surface area contributed by atoms with E-state index in [1.54, 1.807) is 65.8 Å². The number of fused-ring (bicyclic) bond motifs is 1. The van der Waals surface area contributed by atoms with Crippen molar-refractivity contribution in [2.45, 2.75) is 77.7 Å². The minimum absolute atomic E-state index is 0.0224. The predicted molar refractivity (Wildman–Crippen MR) is 151 cm³/mol. The quantitative estimate of drug-likeness (QED) is 0.164. The maximum absolute atomic E-state index is 13.3. The smallest absolute Gasteiger partial charge is 0.416 e. The van der Waals surface area contributed by atoms with Gasteiger partial charge in [0.1, 0.15) is 17.2 Å². The highest BCUT2D eigenvalue weighted by atomic mass is 19.4. The van der Waals surface area contributed by atoms with Gasteiger partial charge in [0.05, 0.1) is 23.2 Å². The number of aromatic nitrogens is 1. The number of alkyl carbamates (subject to hydrolysis) is 1. The van der Waals surface area contributed by atoms with E-state index in [0.29, 0.717) is 23.0 Å². The van der Waals surface area contributed by atoms with Crippen molar-refractivity contribution in [3.8, 4) is 0 Å². The third-order valence-electron chi connectivity index (χ3n) is 5.87. The van der Waals surface area contributed by atoms with Gasteiger partial charge in [-0.25, -0.2) is 9.59 Å². The number of amides is 1. The number of nitrogens with one attached hydrogen (secondary N) is 1. The lowest BCUT2D eigenvalue weighted by atomic mass is 10.0. The Morgan fingerprint density at radius 2 is 1.39 bits per heavy atom.